The molecule has 1 aliphatic heterocycles. The van der Waals surface area contributed by atoms with Gasteiger partial charge in [0.15, 0.2) is 0 Å². The number of fused-ring (bicyclic) bond motifs is 1. The van der Waals surface area contributed by atoms with E-state index in [4.69, 9.17) is 4.74 Å². The first-order chi connectivity index (χ1) is 11.1. The van der Waals surface area contributed by atoms with Crippen LogP contribution >= 0.6 is 0 Å². The van der Waals surface area contributed by atoms with E-state index in [1.807, 2.05) is 40.8 Å². The molecule has 0 aliphatic carbocycles. The van der Waals surface area contributed by atoms with Crippen LogP contribution in [-0.2, 0) is 20.7 Å². The van der Waals surface area contributed by atoms with E-state index in [0.717, 1.165) is 16.9 Å². The molecule has 1 aliphatic rings. The summed E-state index contributed by atoms with van der Waals surface area (Å²) in [5, 5.41) is 0. The Labute approximate surface area is 135 Å². The van der Waals surface area contributed by atoms with Crippen molar-refractivity contribution >= 4 is 17.5 Å². The summed E-state index contributed by atoms with van der Waals surface area (Å²) >= 11 is 0. The lowest BCUT2D eigenvalue weighted by Gasteiger charge is -2.30. The number of carbonyl (C=O) groups excluding carboxylic acids is 2. The van der Waals surface area contributed by atoms with Gasteiger partial charge in [0.25, 0.3) is 0 Å². The van der Waals surface area contributed by atoms with E-state index in [0.29, 0.717) is 32.4 Å². The standard InChI is InChI=1S/C17H21N3O3/c1-12-3-6-20-11-14(18-15(20)9-12)10-16(21)19-7-4-13(5-8-19)17(22)23-2/h3,6,9,11,13H,4-5,7-8,10H2,1-2H3. The Bertz CT molecular complexity index is 730. The highest BCUT2D eigenvalue weighted by atomic mass is 16.5. The Kier molecular flexibility index (Phi) is 4.32. The smallest absolute Gasteiger partial charge is 0.308 e. The fraction of sp³-hybridized carbons (Fsp3) is 0.471. The van der Waals surface area contributed by atoms with E-state index in [-0.39, 0.29) is 17.8 Å². The third-order valence-corrected chi connectivity index (χ3v) is 4.38. The fourth-order valence-electron chi connectivity index (χ4n) is 3.02. The number of likely N-dealkylation sites (tertiary alicyclic amines) is 1. The lowest BCUT2D eigenvalue weighted by atomic mass is 9.97. The summed E-state index contributed by atoms with van der Waals surface area (Å²) in [5.74, 6) is -0.191. The number of carbonyl (C=O) groups is 2. The van der Waals surface area contributed by atoms with Crippen LogP contribution in [0.15, 0.2) is 24.5 Å². The quantitative estimate of drug-likeness (QED) is 0.807. The zero-order valence-electron chi connectivity index (χ0n) is 13.5. The van der Waals surface area contributed by atoms with Crippen LogP contribution in [0.1, 0.15) is 24.1 Å². The van der Waals surface area contributed by atoms with E-state index in [2.05, 4.69) is 4.98 Å². The number of hydrogen-bond donors (Lipinski definition) is 0. The average molecular weight is 315 g/mol. The van der Waals surface area contributed by atoms with Gasteiger partial charge in [-0.25, -0.2) is 4.98 Å². The van der Waals surface area contributed by atoms with Crippen LogP contribution < -0.4 is 0 Å². The fourth-order valence-corrected chi connectivity index (χ4v) is 3.02. The van der Waals surface area contributed by atoms with Crippen molar-refractivity contribution in [3.05, 3.63) is 35.8 Å². The van der Waals surface area contributed by atoms with Gasteiger partial charge in [0.1, 0.15) is 5.65 Å². The van der Waals surface area contributed by atoms with Gasteiger partial charge < -0.3 is 14.0 Å². The number of amides is 1. The highest BCUT2D eigenvalue weighted by molar-refractivity contribution is 5.79. The molecule has 122 valence electrons. The SMILES string of the molecule is COC(=O)C1CCN(C(=O)Cc2cn3ccc(C)cc3n2)CC1. The lowest BCUT2D eigenvalue weighted by molar-refractivity contribution is -0.148. The molecule has 6 heteroatoms. The molecule has 1 fully saturated rings. The Morgan fingerprint density at radius 1 is 1.35 bits per heavy atom. The van der Waals surface area contributed by atoms with Crippen LogP contribution in [-0.4, -0.2) is 46.4 Å². The summed E-state index contributed by atoms with van der Waals surface area (Å²) in [7, 11) is 1.41. The molecule has 1 amide bonds. The maximum Gasteiger partial charge on any atom is 0.308 e. The van der Waals surface area contributed by atoms with Gasteiger partial charge in [-0.1, -0.05) is 0 Å². The number of esters is 1. The lowest BCUT2D eigenvalue weighted by Crippen LogP contribution is -2.41. The predicted molar refractivity (Wildman–Crippen MR) is 85.0 cm³/mol. The van der Waals surface area contributed by atoms with E-state index < -0.39 is 0 Å². The minimum absolute atomic E-state index is 0.0634. The normalized spacial score (nSPS) is 15.8. The molecule has 23 heavy (non-hydrogen) atoms. The molecule has 0 bridgehead atoms. The van der Waals surface area contributed by atoms with Gasteiger partial charge in [-0.3, -0.25) is 9.59 Å². The van der Waals surface area contributed by atoms with Crippen LogP contribution in [0.2, 0.25) is 0 Å². The predicted octanol–water partition coefficient (Wildman–Crippen LogP) is 1.60. The summed E-state index contributed by atoms with van der Waals surface area (Å²) < 4.78 is 6.70. The zero-order valence-corrected chi connectivity index (χ0v) is 13.5. The molecule has 0 N–H and O–H groups in total. The molecular weight excluding hydrogens is 294 g/mol. The molecule has 3 heterocycles. The number of piperidine rings is 1. The molecular formula is C17H21N3O3. The van der Waals surface area contributed by atoms with Gasteiger partial charge in [-0.05, 0) is 37.5 Å². The van der Waals surface area contributed by atoms with Crippen LogP contribution in [0.25, 0.3) is 5.65 Å². The number of pyridine rings is 1. The minimum Gasteiger partial charge on any atom is -0.469 e. The molecule has 2 aromatic heterocycles. The highest BCUT2D eigenvalue weighted by Gasteiger charge is 2.28. The first-order valence-electron chi connectivity index (χ1n) is 7.86. The summed E-state index contributed by atoms with van der Waals surface area (Å²) in [6, 6.07) is 4.01. The number of rotatable bonds is 3. The number of aryl methyl sites for hydroxylation is 1. The number of imidazole rings is 1. The van der Waals surface area contributed by atoms with E-state index in [9.17, 15) is 9.59 Å². The highest BCUT2D eigenvalue weighted by Crippen LogP contribution is 2.19. The van der Waals surface area contributed by atoms with E-state index in [1.165, 1.54) is 7.11 Å². The molecule has 6 nitrogen and oxygen atoms in total. The first kappa shape index (κ1) is 15.5. The Balaban J connectivity index is 1.61. The van der Waals surface area contributed by atoms with Crippen molar-refractivity contribution < 1.29 is 14.3 Å². The summed E-state index contributed by atoms with van der Waals surface area (Å²) in [6.07, 6.45) is 5.48. The van der Waals surface area contributed by atoms with Crippen molar-refractivity contribution in [2.75, 3.05) is 20.2 Å². The van der Waals surface area contributed by atoms with Gasteiger partial charge >= 0.3 is 5.97 Å². The zero-order chi connectivity index (χ0) is 16.4. The largest absolute Gasteiger partial charge is 0.469 e. The molecule has 0 unspecified atom stereocenters. The van der Waals surface area contributed by atoms with E-state index >= 15 is 0 Å². The Hall–Kier alpha value is -2.37. The number of hydrogen-bond acceptors (Lipinski definition) is 4. The number of methoxy groups -OCH3 is 1. The van der Waals surface area contributed by atoms with Crippen molar-refractivity contribution in [1.82, 2.24) is 14.3 Å². The summed E-state index contributed by atoms with van der Waals surface area (Å²) in [4.78, 5) is 30.3. The van der Waals surface area contributed by atoms with Gasteiger partial charge in [-0.2, -0.15) is 0 Å². The molecule has 1 saturated heterocycles. The van der Waals surface area contributed by atoms with Crippen LogP contribution in [0.3, 0.4) is 0 Å². The molecule has 0 radical (unpaired) electrons. The van der Waals surface area contributed by atoms with E-state index in [1.54, 1.807) is 0 Å². The Morgan fingerprint density at radius 3 is 2.78 bits per heavy atom. The molecule has 0 saturated carbocycles. The maximum absolute atomic E-state index is 12.4. The van der Waals surface area contributed by atoms with Gasteiger partial charge in [-0.15, -0.1) is 0 Å². The van der Waals surface area contributed by atoms with Gasteiger partial charge in [0, 0.05) is 25.5 Å². The molecule has 0 spiro atoms. The third-order valence-electron chi connectivity index (χ3n) is 4.38. The number of aromatic nitrogens is 2. The second-order valence-electron chi connectivity index (χ2n) is 6.06. The molecule has 0 atom stereocenters. The van der Waals surface area contributed by atoms with Crippen LogP contribution in [0, 0.1) is 12.8 Å². The monoisotopic (exact) mass is 315 g/mol. The van der Waals surface area contributed by atoms with Crippen molar-refractivity contribution in [2.45, 2.75) is 26.2 Å². The maximum atomic E-state index is 12.4. The van der Waals surface area contributed by atoms with Gasteiger partial charge in [0.05, 0.1) is 25.1 Å². The first-order valence-corrected chi connectivity index (χ1v) is 7.86. The average Bonchev–Trinajstić information content (AvgIpc) is 2.95. The molecule has 0 aromatic carbocycles. The minimum atomic E-state index is -0.173. The van der Waals surface area contributed by atoms with Crippen molar-refractivity contribution in [1.29, 1.82) is 0 Å². The second kappa shape index (κ2) is 6.40. The van der Waals surface area contributed by atoms with Crippen LogP contribution in [0.4, 0.5) is 0 Å². The third kappa shape index (κ3) is 3.36. The number of ether oxygens (including phenoxy) is 1. The summed E-state index contributed by atoms with van der Waals surface area (Å²) in [5.41, 5.74) is 2.78. The van der Waals surface area contributed by atoms with Gasteiger partial charge in [0.2, 0.25) is 5.91 Å². The van der Waals surface area contributed by atoms with Crippen molar-refractivity contribution in [3.63, 3.8) is 0 Å². The molecule has 3 rings (SSSR count). The second-order valence-corrected chi connectivity index (χ2v) is 6.06. The van der Waals surface area contributed by atoms with Crippen molar-refractivity contribution in [2.24, 2.45) is 5.92 Å². The number of nitrogens with zero attached hydrogens (tertiary/aromatic N) is 3. The molecule has 2 aromatic rings. The Morgan fingerprint density at radius 2 is 2.09 bits per heavy atom. The van der Waals surface area contributed by atoms with Crippen LogP contribution in [0.5, 0.6) is 0 Å². The summed E-state index contributed by atoms with van der Waals surface area (Å²) in [6.45, 7) is 3.22. The topological polar surface area (TPSA) is 63.9 Å². The van der Waals surface area contributed by atoms with Crippen molar-refractivity contribution in [3.8, 4) is 0 Å².